The lowest BCUT2D eigenvalue weighted by Gasteiger charge is -2.35. The summed E-state index contributed by atoms with van der Waals surface area (Å²) in [5.74, 6) is 0.727. The van der Waals surface area contributed by atoms with E-state index in [0.717, 1.165) is 25.9 Å². The van der Waals surface area contributed by atoms with Gasteiger partial charge in [-0.25, -0.2) is 0 Å². The van der Waals surface area contributed by atoms with Gasteiger partial charge >= 0.3 is 5.97 Å². The number of piperidine rings is 1. The van der Waals surface area contributed by atoms with E-state index in [9.17, 15) is 9.90 Å². The van der Waals surface area contributed by atoms with E-state index in [1.807, 2.05) is 4.90 Å². The third-order valence-corrected chi connectivity index (χ3v) is 4.02. The van der Waals surface area contributed by atoms with Crippen molar-refractivity contribution in [1.29, 1.82) is 0 Å². The van der Waals surface area contributed by atoms with E-state index in [0.29, 0.717) is 23.0 Å². The van der Waals surface area contributed by atoms with Gasteiger partial charge in [0.05, 0.1) is 14.2 Å². The zero-order chi connectivity index (χ0) is 15.4. The number of benzene rings is 1. The van der Waals surface area contributed by atoms with E-state index in [2.05, 4.69) is 6.92 Å². The quantitative estimate of drug-likeness (QED) is 0.904. The molecule has 0 aliphatic carbocycles. The predicted octanol–water partition coefficient (Wildman–Crippen LogP) is 2.56. The number of carboxylic acid groups (broad SMARTS) is 1. The second-order valence-electron chi connectivity index (χ2n) is 5.57. The van der Waals surface area contributed by atoms with Gasteiger partial charge in [0.15, 0.2) is 11.5 Å². The Kier molecular flexibility index (Phi) is 5.07. The fourth-order valence-corrected chi connectivity index (χ4v) is 3.07. The highest BCUT2D eigenvalue weighted by Crippen LogP contribution is 2.38. The summed E-state index contributed by atoms with van der Waals surface area (Å²) < 4.78 is 10.7. The van der Waals surface area contributed by atoms with E-state index < -0.39 is 12.0 Å². The number of para-hydroxylation sites is 1. The number of aliphatic carboxylic acids is 1. The molecular weight excluding hydrogens is 270 g/mol. The van der Waals surface area contributed by atoms with Crippen LogP contribution in [0.5, 0.6) is 11.5 Å². The Labute approximate surface area is 125 Å². The average molecular weight is 293 g/mol. The van der Waals surface area contributed by atoms with Crippen LogP contribution in [0.2, 0.25) is 0 Å². The van der Waals surface area contributed by atoms with Crippen LogP contribution in [0.15, 0.2) is 18.2 Å². The average Bonchev–Trinajstić information content (AvgIpc) is 2.46. The van der Waals surface area contributed by atoms with Crippen molar-refractivity contribution in [3.8, 4) is 11.5 Å². The summed E-state index contributed by atoms with van der Waals surface area (Å²) in [6.07, 6.45) is 2.18. The van der Waals surface area contributed by atoms with Gasteiger partial charge in [-0.15, -0.1) is 0 Å². The molecule has 1 aliphatic rings. The number of methoxy groups -OCH3 is 2. The third-order valence-electron chi connectivity index (χ3n) is 4.02. The Bertz CT molecular complexity index is 503. The van der Waals surface area contributed by atoms with Crippen molar-refractivity contribution in [3.63, 3.8) is 0 Å². The molecule has 5 nitrogen and oxygen atoms in total. The number of carbonyl (C=O) groups is 1. The topological polar surface area (TPSA) is 59.0 Å². The number of ether oxygens (including phenoxy) is 2. The van der Waals surface area contributed by atoms with Crippen LogP contribution >= 0.6 is 0 Å². The fourth-order valence-electron chi connectivity index (χ4n) is 3.07. The van der Waals surface area contributed by atoms with Gasteiger partial charge in [0, 0.05) is 12.1 Å². The molecule has 21 heavy (non-hydrogen) atoms. The predicted molar refractivity (Wildman–Crippen MR) is 79.9 cm³/mol. The summed E-state index contributed by atoms with van der Waals surface area (Å²) in [4.78, 5) is 13.9. The van der Waals surface area contributed by atoms with Crippen molar-refractivity contribution in [2.45, 2.75) is 25.8 Å². The molecule has 1 heterocycles. The molecule has 5 heteroatoms. The van der Waals surface area contributed by atoms with Crippen LogP contribution in [0, 0.1) is 5.92 Å². The summed E-state index contributed by atoms with van der Waals surface area (Å²) in [6.45, 7) is 3.74. The van der Waals surface area contributed by atoms with Gasteiger partial charge in [-0.1, -0.05) is 19.1 Å². The minimum Gasteiger partial charge on any atom is -0.493 e. The SMILES string of the molecule is COc1cccc(C(C(=O)O)N2CCCC(C)C2)c1OC. The maximum Gasteiger partial charge on any atom is 0.325 e. The third kappa shape index (κ3) is 3.29. The van der Waals surface area contributed by atoms with Crippen molar-refractivity contribution < 1.29 is 19.4 Å². The van der Waals surface area contributed by atoms with Gasteiger partial charge in [0.25, 0.3) is 0 Å². The highest BCUT2D eigenvalue weighted by Gasteiger charge is 2.33. The number of hydrogen-bond donors (Lipinski definition) is 1. The molecule has 1 saturated heterocycles. The normalized spacial score (nSPS) is 20.8. The smallest absolute Gasteiger partial charge is 0.325 e. The number of nitrogens with zero attached hydrogens (tertiary/aromatic N) is 1. The zero-order valence-electron chi connectivity index (χ0n) is 12.8. The second-order valence-corrected chi connectivity index (χ2v) is 5.57. The summed E-state index contributed by atoms with van der Waals surface area (Å²) in [7, 11) is 3.10. The van der Waals surface area contributed by atoms with Crippen LogP contribution in [0.25, 0.3) is 0 Å². The van der Waals surface area contributed by atoms with Gasteiger partial charge in [0.1, 0.15) is 6.04 Å². The molecule has 1 N–H and O–H groups in total. The van der Waals surface area contributed by atoms with Crippen LogP contribution in [0.1, 0.15) is 31.4 Å². The van der Waals surface area contributed by atoms with Gasteiger partial charge in [0.2, 0.25) is 0 Å². The summed E-state index contributed by atoms with van der Waals surface area (Å²) >= 11 is 0. The molecule has 1 aromatic rings. The van der Waals surface area contributed by atoms with E-state index in [-0.39, 0.29) is 0 Å². The Balaban J connectivity index is 2.41. The van der Waals surface area contributed by atoms with Crippen molar-refractivity contribution >= 4 is 5.97 Å². The van der Waals surface area contributed by atoms with E-state index >= 15 is 0 Å². The molecule has 0 amide bonds. The molecule has 1 fully saturated rings. The lowest BCUT2D eigenvalue weighted by molar-refractivity contribution is -0.144. The van der Waals surface area contributed by atoms with Crippen molar-refractivity contribution in [2.75, 3.05) is 27.3 Å². The van der Waals surface area contributed by atoms with Crippen molar-refractivity contribution in [1.82, 2.24) is 4.90 Å². The van der Waals surface area contributed by atoms with Crippen LogP contribution in [-0.2, 0) is 4.79 Å². The molecule has 2 atom stereocenters. The van der Waals surface area contributed by atoms with Crippen LogP contribution < -0.4 is 9.47 Å². The number of likely N-dealkylation sites (tertiary alicyclic amines) is 1. The highest BCUT2D eigenvalue weighted by molar-refractivity contribution is 5.77. The Morgan fingerprint density at radius 2 is 2.14 bits per heavy atom. The molecule has 0 spiro atoms. The molecule has 2 rings (SSSR count). The summed E-state index contributed by atoms with van der Waals surface area (Å²) in [5.41, 5.74) is 0.651. The molecule has 0 bridgehead atoms. The number of rotatable bonds is 5. The zero-order valence-corrected chi connectivity index (χ0v) is 12.8. The van der Waals surface area contributed by atoms with E-state index in [1.165, 1.54) is 0 Å². The van der Waals surface area contributed by atoms with E-state index in [4.69, 9.17) is 9.47 Å². The highest BCUT2D eigenvalue weighted by atomic mass is 16.5. The summed E-state index contributed by atoms with van der Waals surface area (Å²) in [5, 5.41) is 9.71. The van der Waals surface area contributed by atoms with Crippen molar-refractivity contribution in [3.05, 3.63) is 23.8 Å². The Hall–Kier alpha value is -1.75. The van der Waals surface area contributed by atoms with Gasteiger partial charge in [-0.3, -0.25) is 9.69 Å². The standard InChI is InChI=1S/C16H23NO4/c1-11-6-5-9-17(10-11)14(16(18)19)12-7-4-8-13(20-2)15(12)21-3/h4,7-8,11,14H,5-6,9-10H2,1-3H3,(H,18,19). The molecule has 0 aromatic heterocycles. The maximum atomic E-state index is 11.8. The molecule has 0 radical (unpaired) electrons. The first-order valence-electron chi connectivity index (χ1n) is 7.26. The number of hydrogen-bond acceptors (Lipinski definition) is 4. The molecule has 116 valence electrons. The van der Waals surface area contributed by atoms with Crippen molar-refractivity contribution in [2.24, 2.45) is 5.92 Å². The molecule has 1 aromatic carbocycles. The first kappa shape index (κ1) is 15.6. The second kappa shape index (κ2) is 6.80. The van der Waals surface area contributed by atoms with E-state index in [1.54, 1.807) is 32.4 Å². The monoisotopic (exact) mass is 293 g/mol. The lowest BCUT2D eigenvalue weighted by Crippen LogP contribution is -2.40. The van der Waals surface area contributed by atoms with Gasteiger partial charge in [-0.2, -0.15) is 0 Å². The lowest BCUT2D eigenvalue weighted by atomic mass is 9.95. The molecular formula is C16H23NO4. The number of carboxylic acids is 1. The largest absolute Gasteiger partial charge is 0.493 e. The fraction of sp³-hybridized carbons (Fsp3) is 0.562. The van der Waals surface area contributed by atoms with Crippen LogP contribution in [-0.4, -0.2) is 43.3 Å². The van der Waals surface area contributed by atoms with Crippen LogP contribution in [0.4, 0.5) is 0 Å². The molecule has 1 aliphatic heterocycles. The Morgan fingerprint density at radius 3 is 2.71 bits per heavy atom. The first-order valence-corrected chi connectivity index (χ1v) is 7.26. The Morgan fingerprint density at radius 1 is 1.38 bits per heavy atom. The summed E-state index contributed by atoms with van der Waals surface area (Å²) in [6, 6.07) is 4.69. The minimum atomic E-state index is -0.851. The maximum absolute atomic E-state index is 11.8. The molecule has 0 saturated carbocycles. The van der Waals surface area contributed by atoms with Gasteiger partial charge in [-0.05, 0) is 31.4 Å². The van der Waals surface area contributed by atoms with Gasteiger partial charge < -0.3 is 14.6 Å². The minimum absolute atomic E-state index is 0.505. The molecule has 2 unspecified atom stereocenters. The van der Waals surface area contributed by atoms with Crippen LogP contribution in [0.3, 0.4) is 0 Å². The first-order chi connectivity index (χ1) is 10.1.